The quantitative estimate of drug-likeness (QED) is 0.204. The molecule has 0 saturated carbocycles. The fraction of sp³-hybridized carbons (Fsp3) is 0.194. The second-order valence-electron chi connectivity index (χ2n) is 9.32. The molecule has 6 N–H and O–H groups in total. The van der Waals surface area contributed by atoms with Crippen molar-refractivity contribution in [2.75, 3.05) is 5.73 Å². The Bertz CT molecular complexity index is 1380. The van der Waals surface area contributed by atoms with E-state index < -0.39 is 12.0 Å². The van der Waals surface area contributed by atoms with Crippen molar-refractivity contribution in [3.05, 3.63) is 125 Å². The number of hydrogen-bond acceptors (Lipinski definition) is 6. The summed E-state index contributed by atoms with van der Waals surface area (Å²) in [6.07, 6.45) is 2.47. The lowest BCUT2D eigenvalue weighted by Crippen LogP contribution is -2.48. The molecule has 4 aromatic rings. The number of carbonyl (C=O) groups excluding carboxylic acids is 2. The molecule has 0 saturated heterocycles. The van der Waals surface area contributed by atoms with Crippen molar-refractivity contribution in [3.63, 3.8) is 0 Å². The third-order valence-electron chi connectivity index (χ3n) is 6.49. The van der Waals surface area contributed by atoms with Gasteiger partial charge in [0.05, 0.1) is 12.5 Å². The van der Waals surface area contributed by atoms with Crippen molar-refractivity contribution in [2.45, 2.75) is 38.0 Å². The molecule has 0 aliphatic rings. The second-order valence-corrected chi connectivity index (χ2v) is 9.32. The number of nitrogens with two attached hydrogens (primary N) is 1. The number of benzene rings is 3. The van der Waals surface area contributed by atoms with Gasteiger partial charge in [0.2, 0.25) is 11.8 Å². The van der Waals surface area contributed by atoms with Crippen LogP contribution in [0.3, 0.4) is 0 Å². The number of nitrogens with one attached hydrogen (secondary N) is 2. The van der Waals surface area contributed by atoms with Crippen molar-refractivity contribution in [3.8, 4) is 5.75 Å². The summed E-state index contributed by atoms with van der Waals surface area (Å²) in [6, 6.07) is 25.9. The molecule has 0 bridgehead atoms. The van der Waals surface area contributed by atoms with Crippen LogP contribution in [0.1, 0.15) is 40.2 Å². The Morgan fingerprint density at radius 3 is 2.15 bits per heavy atom. The summed E-state index contributed by atoms with van der Waals surface area (Å²) < 4.78 is 0. The van der Waals surface area contributed by atoms with Crippen molar-refractivity contribution >= 4 is 17.6 Å². The maximum absolute atomic E-state index is 13.7. The van der Waals surface area contributed by atoms with Gasteiger partial charge in [0, 0.05) is 12.7 Å². The van der Waals surface area contributed by atoms with E-state index in [0.717, 1.165) is 22.3 Å². The Kier molecular flexibility index (Phi) is 9.26. The van der Waals surface area contributed by atoms with E-state index in [1.807, 2.05) is 48.5 Å². The van der Waals surface area contributed by atoms with E-state index in [9.17, 15) is 19.8 Å². The highest BCUT2D eigenvalue weighted by molar-refractivity contribution is 5.92. The highest BCUT2D eigenvalue weighted by atomic mass is 16.3. The Morgan fingerprint density at radius 2 is 1.49 bits per heavy atom. The molecular formula is C31H32N4O4. The van der Waals surface area contributed by atoms with Gasteiger partial charge in [-0.2, -0.15) is 0 Å². The lowest BCUT2D eigenvalue weighted by Gasteiger charge is -2.23. The number of pyridine rings is 1. The van der Waals surface area contributed by atoms with Crippen molar-refractivity contribution < 1.29 is 19.8 Å². The Labute approximate surface area is 227 Å². The smallest absolute Gasteiger partial charge is 0.242 e. The number of carbonyl (C=O) groups is 2. The van der Waals surface area contributed by atoms with Gasteiger partial charge in [0.25, 0.3) is 0 Å². The van der Waals surface area contributed by atoms with Crippen LogP contribution in [-0.2, 0) is 29.2 Å². The van der Waals surface area contributed by atoms with Crippen molar-refractivity contribution in [1.82, 2.24) is 15.6 Å². The van der Waals surface area contributed by atoms with E-state index in [4.69, 9.17) is 5.73 Å². The summed E-state index contributed by atoms with van der Waals surface area (Å²) in [7, 11) is 0. The van der Waals surface area contributed by atoms with E-state index in [1.165, 1.54) is 0 Å². The average Bonchev–Trinajstić information content (AvgIpc) is 2.96. The first-order valence-corrected chi connectivity index (χ1v) is 12.7. The normalized spacial score (nSPS) is 12.3. The molecule has 3 aromatic carbocycles. The highest BCUT2D eigenvalue weighted by Crippen LogP contribution is 2.27. The van der Waals surface area contributed by atoms with E-state index >= 15 is 0 Å². The van der Waals surface area contributed by atoms with Crippen LogP contribution in [0.25, 0.3) is 0 Å². The molecule has 2 atom stereocenters. The molecule has 0 aliphatic heterocycles. The molecular weight excluding hydrogens is 492 g/mol. The fourth-order valence-electron chi connectivity index (χ4n) is 4.37. The first-order chi connectivity index (χ1) is 18.9. The summed E-state index contributed by atoms with van der Waals surface area (Å²) in [5.74, 6) is -0.820. The number of anilines is 1. The van der Waals surface area contributed by atoms with Crippen LogP contribution in [0, 0.1) is 0 Å². The highest BCUT2D eigenvalue weighted by Gasteiger charge is 2.28. The molecule has 1 aromatic heterocycles. The zero-order valence-electron chi connectivity index (χ0n) is 21.5. The maximum atomic E-state index is 13.7. The number of aromatic hydroxyl groups is 1. The average molecular weight is 525 g/mol. The number of aromatic nitrogens is 1. The zero-order chi connectivity index (χ0) is 27.6. The Balaban J connectivity index is 1.54. The van der Waals surface area contributed by atoms with Crippen LogP contribution < -0.4 is 16.4 Å². The number of amides is 2. The third kappa shape index (κ3) is 7.66. The van der Waals surface area contributed by atoms with E-state index in [2.05, 4.69) is 15.6 Å². The van der Waals surface area contributed by atoms with E-state index in [0.29, 0.717) is 24.2 Å². The first-order valence-electron chi connectivity index (χ1n) is 12.7. The van der Waals surface area contributed by atoms with Crippen LogP contribution in [0.4, 0.5) is 5.82 Å². The lowest BCUT2D eigenvalue weighted by atomic mass is 9.90. The molecule has 8 heteroatoms. The molecule has 8 nitrogen and oxygen atoms in total. The van der Waals surface area contributed by atoms with Gasteiger partial charge in [0.1, 0.15) is 17.6 Å². The molecule has 2 unspecified atom stereocenters. The van der Waals surface area contributed by atoms with Crippen LogP contribution in [0.2, 0.25) is 0 Å². The maximum Gasteiger partial charge on any atom is 0.242 e. The number of rotatable bonds is 11. The van der Waals surface area contributed by atoms with E-state index in [-0.39, 0.29) is 30.7 Å². The number of nitrogens with zero attached hydrogens (tertiary/aromatic N) is 1. The van der Waals surface area contributed by atoms with Crippen LogP contribution >= 0.6 is 0 Å². The van der Waals surface area contributed by atoms with Gasteiger partial charge >= 0.3 is 0 Å². The number of aryl methyl sites for hydroxylation is 1. The fourth-order valence-corrected chi connectivity index (χ4v) is 4.37. The largest absolute Gasteiger partial charge is 0.508 e. The number of phenolic OH excluding ortho intramolecular Hbond substituents is 1. The minimum Gasteiger partial charge on any atom is -0.508 e. The summed E-state index contributed by atoms with van der Waals surface area (Å²) in [5.41, 5.74) is 9.86. The molecule has 0 fully saturated rings. The monoisotopic (exact) mass is 524 g/mol. The third-order valence-corrected chi connectivity index (χ3v) is 6.49. The molecule has 39 heavy (non-hydrogen) atoms. The lowest BCUT2D eigenvalue weighted by molar-refractivity contribution is -0.129. The van der Waals surface area contributed by atoms with Gasteiger partial charge < -0.3 is 26.6 Å². The predicted molar refractivity (Wildman–Crippen MR) is 150 cm³/mol. The Hall–Kier alpha value is -4.69. The second kappa shape index (κ2) is 13.2. The molecule has 0 spiro atoms. The zero-order valence-corrected chi connectivity index (χ0v) is 21.5. The first kappa shape index (κ1) is 27.3. The number of phenols is 1. The van der Waals surface area contributed by atoms with Gasteiger partial charge in [0.15, 0.2) is 0 Å². The van der Waals surface area contributed by atoms with Gasteiger partial charge in [-0.15, -0.1) is 0 Å². The van der Waals surface area contributed by atoms with Crippen LogP contribution in [0.15, 0.2) is 97.2 Å². The topological polar surface area (TPSA) is 138 Å². The van der Waals surface area contributed by atoms with Crippen LogP contribution in [0.5, 0.6) is 5.75 Å². The van der Waals surface area contributed by atoms with Gasteiger partial charge in [-0.1, -0.05) is 66.7 Å². The standard InChI is InChI=1S/C31H32N4O4/c32-28-18-21(16-17-33-28)10-15-27(30(38)34-19-22-6-8-23(20-36)9-7-22)35-31(39)29(24-4-2-1-3-5-24)25-11-13-26(37)14-12-25/h1-9,11-14,16-18,27,29,36-37H,10,15,19-20H2,(H2,32,33)(H,34,38)(H,35,39). The number of nitrogen functional groups attached to an aromatic ring is 1. The molecule has 1 heterocycles. The summed E-state index contributed by atoms with van der Waals surface area (Å²) in [4.78, 5) is 31.1. The molecule has 2 amide bonds. The molecule has 4 rings (SSSR count). The van der Waals surface area contributed by atoms with Gasteiger partial charge in [-0.25, -0.2) is 4.98 Å². The summed E-state index contributed by atoms with van der Waals surface area (Å²) >= 11 is 0. The number of hydrogen-bond donors (Lipinski definition) is 5. The number of aliphatic hydroxyl groups excluding tert-OH is 1. The molecule has 200 valence electrons. The Morgan fingerprint density at radius 1 is 0.821 bits per heavy atom. The molecule has 0 radical (unpaired) electrons. The summed E-state index contributed by atoms with van der Waals surface area (Å²) in [6.45, 7) is 0.225. The van der Waals surface area contributed by atoms with E-state index in [1.54, 1.807) is 48.7 Å². The number of aliphatic hydroxyl groups is 1. The van der Waals surface area contributed by atoms with Crippen molar-refractivity contribution in [2.24, 2.45) is 0 Å². The predicted octanol–water partition coefficient (Wildman–Crippen LogP) is 3.43. The van der Waals surface area contributed by atoms with Gasteiger partial charge in [-0.05, 0) is 64.9 Å². The van der Waals surface area contributed by atoms with Crippen LogP contribution in [-0.4, -0.2) is 33.1 Å². The minimum absolute atomic E-state index is 0.0517. The minimum atomic E-state index is -0.813. The SMILES string of the molecule is Nc1cc(CCC(NC(=O)C(c2ccccc2)c2ccc(O)cc2)C(=O)NCc2ccc(CO)cc2)ccn1. The van der Waals surface area contributed by atoms with Gasteiger partial charge in [-0.3, -0.25) is 9.59 Å². The van der Waals surface area contributed by atoms with Crippen molar-refractivity contribution in [1.29, 1.82) is 0 Å². The summed E-state index contributed by atoms with van der Waals surface area (Å²) in [5, 5.41) is 24.9. The molecule has 0 aliphatic carbocycles.